The molecule has 1 aromatic heterocycles. The van der Waals surface area contributed by atoms with Crippen molar-refractivity contribution in [2.75, 3.05) is 23.3 Å². The second kappa shape index (κ2) is 7.79. The van der Waals surface area contributed by atoms with Gasteiger partial charge in [-0.2, -0.15) is 0 Å². The zero-order valence-corrected chi connectivity index (χ0v) is 15.2. The average molecular weight is 343 g/mol. The van der Waals surface area contributed by atoms with Crippen molar-refractivity contribution in [3.05, 3.63) is 29.6 Å². The van der Waals surface area contributed by atoms with Gasteiger partial charge >= 0.3 is 0 Å². The number of carbonyl (C=O) groups excluding carboxylic acids is 1. The molecule has 1 fully saturated rings. The van der Waals surface area contributed by atoms with Crippen molar-refractivity contribution in [3.8, 4) is 11.3 Å². The van der Waals surface area contributed by atoms with Crippen LogP contribution in [-0.4, -0.2) is 24.0 Å². The van der Waals surface area contributed by atoms with Gasteiger partial charge in [0.15, 0.2) is 5.13 Å². The molecular formula is C19H25N3OS. The summed E-state index contributed by atoms with van der Waals surface area (Å²) in [5.41, 5.74) is 2.95. The van der Waals surface area contributed by atoms with Crippen LogP contribution in [0.3, 0.4) is 0 Å². The maximum Gasteiger partial charge on any atom is 0.224 e. The van der Waals surface area contributed by atoms with E-state index in [4.69, 9.17) is 4.98 Å². The number of nitrogens with zero attached hydrogens (tertiary/aromatic N) is 2. The van der Waals surface area contributed by atoms with Crippen LogP contribution < -0.4 is 10.2 Å². The van der Waals surface area contributed by atoms with Gasteiger partial charge in [0, 0.05) is 36.1 Å². The highest BCUT2D eigenvalue weighted by molar-refractivity contribution is 7.14. The van der Waals surface area contributed by atoms with Gasteiger partial charge in [-0.25, -0.2) is 4.98 Å². The lowest BCUT2D eigenvalue weighted by molar-refractivity contribution is -0.116. The van der Waals surface area contributed by atoms with Gasteiger partial charge in [-0.3, -0.25) is 4.79 Å². The quantitative estimate of drug-likeness (QED) is 0.849. The molecule has 1 atom stereocenters. The zero-order chi connectivity index (χ0) is 16.9. The van der Waals surface area contributed by atoms with E-state index in [-0.39, 0.29) is 5.91 Å². The maximum atomic E-state index is 11.6. The monoisotopic (exact) mass is 343 g/mol. The molecule has 2 heterocycles. The third-order valence-corrected chi connectivity index (χ3v) is 5.26. The standard InChI is InChI=1S/C19H25N3OS/c1-3-5-18(23)20-16-9-7-15(8-10-16)17-13-24-19(21-17)22-11-4-6-14(2)12-22/h7-10,13-14H,3-6,11-12H2,1-2H3,(H,20,23). The Balaban J connectivity index is 1.67. The first-order valence-electron chi connectivity index (χ1n) is 8.76. The largest absolute Gasteiger partial charge is 0.348 e. The minimum Gasteiger partial charge on any atom is -0.348 e. The number of benzene rings is 1. The second-order valence-corrected chi connectivity index (χ2v) is 7.42. The molecule has 24 heavy (non-hydrogen) atoms. The molecule has 1 unspecified atom stereocenters. The Hall–Kier alpha value is -1.88. The molecule has 0 spiro atoms. The van der Waals surface area contributed by atoms with Gasteiger partial charge in [0.25, 0.3) is 0 Å². The van der Waals surface area contributed by atoms with E-state index in [9.17, 15) is 4.79 Å². The van der Waals surface area contributed by atoms with Gasteiger partial charge in [0.1, 0.15) is 0 Å². The summed E-state index contributed by atoms with van der Waals surface area (Å²) in [5.74, 6) is 0.817. The Kier molecular flexibility index (Phi) is 5.51. The lowest BCUT2D eigenvalue weighted by atomic mass is 10.0. The highest BCUT2D eigenvalue weighted by atomic mass is 32.1. The Labute approximate surface area is 147 Å². The normalized spacial score (nSPS) is 17.8. The third kappa shape index (κ3) is 4.15. The van der Waals surface area contributed by atoms with E-state index >= 15 is 0 Å². The zero-order valence-electron chi connectivity index (χ0n) is 14.4. The van der Waals surface area contributed by atoms with Gasteiger partial charge in [-0.15, -0.1) is 11.3 Å². The van der Waals surface area contributed by atoms with Crippen LogP contribution in [0, 0.1) is 5.92 Å². The molecule has 0 radical (unpaired) electrons. The molecular weight excluding hydrogens is 318 g/mol. The number of nitrogens with one attached hydrogen (secondary N) is 1. The molecule has 0 saturated carbocycles. The summed E-state index contributed by atoms with van der Waals surface area (Å²) in [5, 5.41) is 6.16. The van der Waals surface area contributed by atoms with E-state index in [2.05, 4.69) is 22.5 Å². The van der Waals surface area contributed by atoms with Crippen LogP contribution in [0.5, 0.6) is 0 Å². The molecule has 1 aliphatic heterocycles. The van der Waals surface area contributed by atoms with Gasteiger partial charge < -0.3 is 10.2 Å². The lowest BCUT2D eigenvalue weighted by Gasteiger charge is -2.30. The summed E-state index contributed by atoms with van der Waals surface area (Å²) in [6, 6.07) is 7.95. The molecule has 1 aliphatic rings. The maximum absolute atomic E-state index is 11.6. The first-order chi connectivity index (χ1) is 11.7. The predicted octanol–water partition coefficient (Wildman–Crippen LogP) is 4.79. The third-order valence-electron chi connectivity index (χ3n) is 4.36. The van der Waals surface area contributed by atoms with Crippen LogP contribution in [0.25, 0.3) is 11.3 Å². The van der Waals surface area contributed by atoms with Gasteiger partial charge in [0.2, 0.25) is 5.91 Å². The first kappa shape index (κ1) is 17.0. The Bertz CT molecular complexity index is 680. The number of aromatic nitrogens is 1. The van der Waals surface area contributed by atoms with Crippen LogP contribution in [0.15, 0.2) is 29.6 Å². The minimum atomic E-state index is 0.0698. The molecule has 1 saturated heterocycles. The van der Waals surface area contributed by atoms with Crippen molar-refractivity contribution in [3.63, 3.8) is 0 Å². The van der Waals surface area contributed by atoms with Crippen molar-refractivity contribution in [2.24, 2.45) is 5.92 Å². The molecule has 1 N–H and O–H groups in total. The summed E-state index contributed by atoms with van der Waals surface area (Å²) in [4.78, 5) is 18.9. The number of rotatable bonds is 5. The van der Waals surface area contributed by atoms with Gasteiger partial charge in [-0.05, 0) is 37.3 Å². The van der Waals surface area contributed by atoms with Crippen LogP contribution in [-0.2, 0) is 4.79 Å². The minimum absolute atomic E-state index is 0.0698. The van der Waals surface area contributed by atoms with Crippen LogP contribution in [0.2, 0.25) is 0 Å². The fourth-order valence-electron chi connectivity index (χ4n) is 3.08. The smallest absolute Gasteiger partial charge is 0.224 e. The SMILES string of the molecule is CCCC(=O)Nc1ccc(-c2csc(N3CCCC(C)C3)n2)cc1. The number of amides is 1. The fourth-order valence-corrected chi connectivity index (χ4v) is 3.95. The highest BCUT2D eigenvalue weighted by Crippen LogP contribution is 2.30. The van der Waals surface area contributed by atoms with E-state index < -0.39 is 0 Å². The van der Waals surface area contributed by atoms with Crippen molar-refractivity contribution in [2.45, 2.75) is 39.5 Å². The molecule has 5 heteroatoms. The Morgan fingerprint density at radius 2 is 2.17 bits per heavy atom. The van der Waals surface area contributed by atoms with Crippen LogP contribution >= 0.6 is 11.3 Å². The molecule has 4 nitrogen and oxygen atoms in total. The summed E-state index contributed by atoms with van der Waals surface area (Å²) < 4.78 is 0. The number of thiazole rings is 1. The summed E-state index contributed by atoms with van der Waals surface area (Å²) in [6.45, 7) is 6.53. The van der Waals surface area contributed by atoms with Crippen LogP contribution in [0.1, 0.15) is 39.5 Å². The number of piperidine rings is 1. The highest BCUT2D eigenvalue weighted by Gasteiger charge is 2.19. The van der Waals surface area contributed by atoms with E-state index in [0.29, 0.717) is 6.42 Å². The van der Waals surface area contributed by atoms with Crippen molar-refractivity contribution >= 4 is 28.1 Å². The Morgan fingerprint density at radius 3 is 2.88 bits per heavy atom. The lowest BCUT2D eigenvalue weighted by Crippen LogP contribution is -2.34. The van der Waals surface area contributed by atoms with E-state index in [0.717, 1.165) is 47.5 Å². The molecule has 0 bridgehead atoms. The molecule has 0 aliphatic carbocycles. The van der Waals surface area contributed by atoms with E-state index in [1.54, 1.807) is 11.3 Å². The van der Waals surface area contributed by atoms with Crippen molar-refractivity contribution in [1.29, 1.82) is 0 Å². The summed E-state index contributed by atoms with van der Waals surface area (Å²) in [6.07, 6.45) is 3.99. The van der Waals surface area contributed by atoms with Crippen molar-refractivity contribution < 1.29 is 4.79 Å². The van der Waals surface area contributed by atoms with Crippen LogP contribution in [0.4, 0.5) is 10.8 Å². The fraction of sp³-hybridized carbons (Fsp3) is 0.474. The second-order valence-electron chi connectivity index (χ2n) is 6.58. The predicted molar refractivity (Wildman–Crippen MR) is 102 cm³/mol. The number of anilines is 2. The number of carbonyl (C=O) groups is 1. The molecule has 3 rings (SSSR count). The Morgan fingerprint density at radius 1 is 1.38 bits per heavy atom. The number of hydrogen-bond donors (Lipinski definition) is 1. The topological polar surface area (TPSA) is 45.2 Å². The van der Waals surface area contributed by atoms with Gasteiger partial charge in [0.05, 0.1) is 5.69 Å². The first-order valence-corrected chi connectivity index (χ1v) is 9.64. The molecule has 1 amide bonds. The van der Waals surface area contributed by atoms with Crippen molar-refractivity contribution in [1.82, 2.24) is 4.98 Å². The molecule has 2 aromatic rings. The van der Waals surface area contributed by atoms with E-state index in [1.807, 2.05) is 31.2 Å². The summed E-state index contributed by atoms with van der Waals surface area (Å²) >= 11 is 1.72. The summed E-state index contributed by atoms with van der Waals surface area (Å²) in [7, 11) is 0. The number of hydrogen-bond acceptors (Lipinski definition) is 4. The van der Waals surface area contributed by atoms with E-state index in [1.165, 1.54) is 12.8 Å². The van der Waals surface area contributed by atoms with Gasteiger partial charge in [-0.1, -0.05) is 26.0 Å². The molecule has 128 valence electrons. The average Bonchev–Trinajstić information content (AvgIpc) is 3.06. The molecule has 1 aromatic carbocycles.